The number of aryl methyl sites for hydroxylation is 2. The van der Waals surface area contributed by atoms with Crippen molar-refractivity contribution in [2.45, 2.75) is 27.2 Å². The molecule has 4 rings (SSSR count). The number of carbonyl (C=O) groups excluding carboxylic acids is 1. The number of fused-ring (bicyclic) bond motifs is 2. The maximum atomic E-state index is 13.0. The number of hydrogen-bond donors (Lipinski definition) is 1. The number of furan rings is 1. The van der Waals surface area contributed by atoms with Gasteiger partial charge in [-0.2, -0.15) is 0 Å². The number of pyridine rings is 1. The first-order valence-electron chi connectivity index (χ1n) is 9.46. The SMILES string of the molecule is CCOc1ccc(NC(=O)c2oc3ccc(CC)cc3c2C)c2cccnc12. The molecule has 0 unspecified atom stereocenters. The first kappa shape index (κ1) is 18.0. The van der Waals surface area contributed by atoms with Gasteiger partial charge in [0.05, 0.1) is 12.3 Å². The number of amides is 1. The molecule has 2 heterocycles. The van der Waals surface area contributed by atoms with Gasteiger partial charge in [-0.25, -0.2) is 0 Å². The van der Waals surface area contributed by atoms with Crippen LogP contribution < -0.4 is 10.1 Å². The minimum atomic E-state index is -0.277. The zero-order valence-electron chi connectivity index (χ0n) is 16.2. The molecule has 0 radical (unpaired) electrons. The topological polar surface area (TPSA) is 64.4 Å². The molecule has 0 bridgehead atoms. The normalized spacial score (nSPS) is 11.1. The van der Waals surface area contributed by atoms with Crippen molar-refractivity contribution >= 4 is 33.5 Å². The summed E-state index contributed by atoms with van der Waals surface area (Å²) in [6, 6.07) is 13.5. The second-order valence-corrected chi connectivity index (χ2v) is 6.64. The predicted octanol–water partition coefficient (Wildman–Crippen LogP) is 5.50. The summed E-state index contributed by atoms with van der Waals surface area (Å²) in [6.45, 7) is 6.50. The van der Waals surface area contributed by atoms with Crippen molar-refractivity contribution in [3.05, 3.63) is 65.5 Å². The molecule has 5 nitrogen and oxygen atoms in total. The summed E-state index contributed by atoms with van der Waals surface area (Å²) >= 11 is 0. The number of carbonyl (C=O) groups is 1. The van der Waals surface area contributed by atoms with Gasteiger partial charge in [0, 0.05) is 22.5 Å². The third kappa shape index (κ3) is 3.09. The van der Waals surface area contributed by atoms with Crippen molar-refractivity contribution in [1.29, 1.82) is 0 Å². The summed E-state index contributed by atoms with van der Waals surface area (Å²) in [5, 5.41) is 4.77. The number of nitrogens with one attached hydrogen (secondary N) is 1. The molecule has 0 saturated heterocycles. The largest absolute Gasteiger partial charge is 0.492 e. The van der Waals surface area contributed by atoms with Crippen molar-refractivity contribution in [2.24, 2.45) is 0 Å². The first-order chi connectivity index (χ1) is 13.6. The highest BCUT2D eigenvalue weighted by Crippen LogP contribution is 2.32. The molecular weight excluding hydrogens is 352 g/mol. The van der Waals surface area contributed by atoms with Gasteiger partial charge in [0.1, 0.15) is 16.8 Å². The van der Waals surface area contributed by atoms with Crippen LogP contribution in [-0.4, -0.2) is 17.5 Å². The van der Waals surface area contributed by atoms with Crippen molar-refractivity contribution in [2.75, 3.05) is 11.9 Å². The van der Waals surface area contributed by atoms with E-state index in [1.165, 1.54) is 5.56 Å². The van der Waals surface area contributed by atoms with E-state index >= 15 is 0 Å². The van der Waals surface area contributed by atoms with Crippen LogP contribution in [-0.2, 0) is 6.42 Å². The number of anilines is 1. The lowest BCUT2D eigenvalue weighted by Crippen LogP contribution is -2.12. The van der Waals surface area contributed by atoms with E-state index in [2.05, 4.69) is 23.3 Å². The van der Waals surface area contributed by atoms with Gasteiger partial charge in [-0.3, -0.25) is 9.78 Å². The minimum Gasteiger partial charge on any atom is -0.492 e. The monoisotopic (exact) mass is 374 g/mol. The molecular formula is C23H22N2O3. The molecule has 0 aliphatic rings. The third-order valence-electron chi connectivity index (χ3n) is 4.90. The molecule has 1 amide bonds. The van der Waals surface area contributed by atoms with Gasteiger partial charge in [0.2, 0.25) is 0 Å². The molecule has 2 aromatic carbocycles. The Morgan fingerprint density at radius 2 is 2.00 bits per heavy atom. The summed E-state index contributed by atoms with van der Waals surface area (Å²) in [5.74, 6) is 0.748. The number of nitrogens with zero attached hydrogens (tertiary/aromatic N) is 1. The quantitative estimate of drug-likeness (QED) is 0.501. The van der Waals surface area contributed by atoms with Crippen LogP contribution in [0.2, 0.25) is 0 Å². The molecule has 142 valence electrons. The van der Waals surface area contributed by atoms with Crippen LogP contribution in [0.4, 0.5) is 5.69 Å². The average molecular weight is 374 g/mol. The van der Waals surface area contributed by atoms with E-state index in [1.807, 2.05) is 50.2 Å². The molecule has 28 heavy (non-hydrogen) atoms. The summed E-state index contributed by atoms with van der Waals surface area (Å²) < 4.78 is 11.5. The lowest BCUT2D eigenvalue weighted by Gasteiger charge is -2.11. The van der Waals surface area contributed by atoms with Crippen molar-refractivity contribution < 1.29 is 13.9 Å². The Labute approximate surface area is 163 Å². The molecule has 0 aliphatic carbocycles. The van der Waals surface area contributed by atoms with Crippen LogP contribution in [0, 0.1) is 6.92 Å². The highest BCUT2D eigenvalue weighted by atomic mass is 16.5. The van der Waals surface area contributed by atoms with Gasteiger partial charge in [0.15, 0.2) is 5.76 Å². The Morgan fingerprint density at radius 3 is 2.79 bits per heavy atom. The van der Waals surface area contributed by atoms with Gasteiger partial charge in [0.25, 0.3) is 5.91 Å². The fraction of sp³-hybridized carbons (Fsp3) is 0.217. The summed E-state index contributed by atoms with van der Waals surface area (Å²) in [7, 11) is 0. The molecule has 0 spiro atoms. The minimum absolute atomic E-state index is 0.277. The maximum Gasteiger partial charge on any atom is 0.291 e. The van der Waals surface area contributed by atoms with E-state index in [9.17, 15) is 4.79 Å². The number of benzene rings is 2. The molecule has 2 aromatic heterocycles. The maximum absolute atomic E-state index is 13.0. The second-order valence-electron chi connectivity index (χ2n) is 6.64. The average Bonchev–Trinajstić information content (AvgIpc) is 3.06. The molecule has 4 aromatic rings. The second kappa shape index (κ2) is 7.35. The summed E-state index contributed by atoms with van der Waals surface area (Å²) in [6.07, 6.45) is 2.65. The van der Waals surface area contributed by atoms with Crippen LogP contribution in [0.3, 0.4) is 0 Å². The fourth-order valence-electron chi connectivity index (χ4n) is 3.41. The van der Waals surface area contributed by atoms with E-state index in [-0.39, 0.29) is 5.91 Å². The molecule has 5 heteroatoms. The molecule has 0 fully saturated rings. The van der Waals surface area contributed by atoms with Crippen LogP contribution >= 0.6 is 0 Å². The number of hydrogen-bond acceptors (Lipinski definition) is 4. The van der Waals surface area contributed by atoms with E-state index in [0.717, 1.165) is 33.9 Å². The summed E-state index contributed by atoms with van der Waals surface area (Å²) in [4.78, 5) is 17.4. The zero-order chi connectivity index (χ0) is 19.7. The van der Waals surface area contributed by atoms with Crippen LogP contribution in [0.1, 0.15) is 35.5 Å². The fourth-order valence-corrected chi connectivity index (χ4v) is 3.41. The number of ether oxygens (including phenoxy) is 1. The Kier molecular flexibility index (Phi) is 4.74. The van der Waals surface area contributed by atoms with Gasteiger partial charge in [-0.05, 0) is 62.2 Å². The van der Waals surface area contributed by atoms with Crippen LogP contribution in [0.25, 0.3) is 21.9 Å². The Hall–Kier alpha value is -3.34. The number of aromatic nitrogens is 1. The number of rotatable bonds is 5. The van der Waals surface area contributed by atoms with Gasteiger partial charge >= 0.3 is 0 Å². The van der Waals surface area contributed by atoms with Gasteiger partial charge in [-0.1, -0.05) is 13.0 Å². The highest BCUT2D eigenvalue weighted by molar-refractivity contribution is 6.10. The Morgan fingerprint density at radius 1 is 1.14 bits per heavy atom. The van der Waals surface area contributed by atoms with E-state index in [1.54, 1.807) is 6.20 Å². The van der Waals surface area contributed by atoms with Crippen LogP contribution in [0.15, 0.2) is 53.1 Å². The van der Waals surface area contributed by atoms with Crippen LogP contribution in [0.5, 0.6) is 5.75 Å². The Balaban J connectivity index is 1.72. The predicted molar refractivity (Wildman–Crippen MR) is 111 cm³/mol. The molecule has 0 aliphatic heterocycles. The third-order valence-corrected chi connectivity index (χ3v) is 4.90. The zero-order valence-corrected chi connectivity index (χ0v) is 16.2. The highest BCUT2D eigenvalue weighted by Gasteiger charge is 2.19. The van der Waals surface area contributed by atoms with E-state index < -0.39 is 0 Å². The van der Waals surface area contributed by atoms with E-state index in [0.29, 0.717) is 23.8 Å². The first-order valence-corrected chi connectivity index (χ1v) is 9.46. The van der Waals surface area contributed by atoms with E-state index in [4.69, 9.17) is 9.15 Å². The molecule has 0 atom stereocenters. The lowest BCUT2D eigenvalue weighted by molar-refractivity contribution is 0.0998. The van der Waals surface area contributed by atoms with Gasteiger partial charge < -0.3 is 14.5 Å². The summed E-state index contributed by atoms with van der Waals surface area (Å²) in [5.41, 5.74) is 4.17. The standard InChI is InChI=1S/C23H22N2O3/c1-4-15-8-10-19-17(13-15)14(3)22(28-19)23(26)25-18-9-11-20(27-5-2)21-16(18)7-6-12-24-21/h6-13H,4-5H2,1-3H3,(H,25,26). The van der Waals surface area contributed by atoms with Gasteiger partial charge in [-0.15, -0.1) is 0 Å². The lowest BCUT2D eigenvalue weighted by atomic mass is 10.1. The molecule has 0 saturated carbocycles. The van der Waals surface area contributed by atoms with Crippen molar-refractivity contribution in [1.82, 2.24) is 4.98 Å². The van der Waals surface area contributed by atoms with Crippen molar-refractivity contribution in [3.8, 4) is 5.75 Å². The Bertz CT molecular complexity index is 1180. The smallest absolute Gasteiger partial charge is 0.291 e. The van der Waals surface area contributed by atoms with Crippen molar-refractivity contribution in [3.63, 3.8) is 0 Å². The molecule has 1 N–H and O–H groups in total.